The van der Waals surface area contributed by atoms with Gasteiger partial charge >= 0.3 is 5.97 Å². The molecule has 1 heterocycles. The molecule has 98 valence electrons. The van der Waals surface area contributed by atoms with Crippen molar-refractivity contribution < 1.29 is 18.3 Å². The van der Waals surface area contributed by atoms with Crippen LogP contribution in [-0.2, 0) is 27.5 Å². The molecule has 4 nitrogen and oxygen atoms in total. The van der Waals surface area contributed by atoms with Gasteiger partial charge in [0.1, 0.15) is 0 Å². The molecule has 0 fully saturated rings. The minimum Gasteiger partial charge on any atom is -0.481 e. The molecular formula is C13H16O4S. The largest absolute Gasteiger partial charge is 0.481 e. The highest BCUT2D eigenvalue weighted by Gasteiger charge is 2.33. The number of carbonyl (C=O) groups is 1. The quantitative estimate of drug-likeness (QED) is 0.905. The molecule has 0 aromatic heterocycles. The van der Waals surface area contributed by atoms with E-state index < -0.39 is 21.7 Å². The van der Waals surface area contributed by atoms with Crippen molar-refractivity contribution in [2.24, 2.45) is 5.92 Å². The van der Waals surface area contributed by atoms with Crippen LogP contribution >= 0.6 is 0 Å². The third-order valence-corrected chi connectivity index (χ3v) is 5.67. The maximum atomic E-state index is 11.9. The van der Waals surface area contributed by atoms with Crippen LogP contribution < -0.4 is 0 Å². The van der Waals surface area contributed by atoms with Gasteiger partial charge in [-0.1, -0.05) is 19.1 Å². The highest BCUT2D eigenvalue weighted by Crippen LogP contribution is 2.32. The first-order chi connectivity index (χ1) is 8.32. The van der Waals surface area contributed by atoms with E-state index in [1.165, 1.54) is 0 Å². The van der Waals surface area contributed by atoms with Crippen LogP contribution in [0.5, 0.6) is 0 Å². The number of aliphatic carboxylic acids is 1. The Morgan fingerprint density at radius 3 is 2.78 bits per heavy atom. The van der Waals surface area contributed by atoms with Gasteiger partial charge in [-0.2, -0.15) is 0 Å². The van der Waals surface area contributed by atoms with Crippen molar-refractivity contribution >= 4 is 15.8 Å². The van der Waals surface area contributed by atoms with Crippen LogP contribution in [0.15, 0.2) is 23.1 Å². The monoisotopic (exact) mass is 268 g/mol. The van der Waals surface area contributed by atoms with Crippen molar-refractivity contribution in [1.82, 2.24) is 0 Å². The lowest BCUT2D eigenvalue weighted by atomic mass is 9.98. The molecule has 1 N–H and O–H groups in total. The topological polar surface area (TPSA) is 71.4 Å². The minimum atomic E-state index is -3.16. The molecule has 0 amide bonds. The number of fused-ring (bicyclic) bond motifs is 1. The Morgan fingerprint density at radius 2 is 2.17 bits per heavy atom. The molecule has 0 aliphatic carbocycles. The minimum absolute atomic E-state index is 0.375. The highest BCUT2D eigenvalue weighted by atomic mass is 32.2. The fraction of sp³-hybridized carbons (Fsp3) is 0.462. The summed E-state index contributed by atoms with van der Waals surface area (Å²) in [5.74, 6) is -1.30. The fourth-order valence-corrected chi connectivity index (χ4v) is 3.87. The normalized spacial score (nSPS) is 22.4. The second-order valence-electron chi connectivity index (χ2n) is 4.95. The van der Waals surface area contributed by atoms with Crippen LogP contribution in [0.4, 0.5) is 0 Å². The molecule has 0 spiro atoms. The van der Waals surface area contributed by atoms with E-state index in [2.05, 4.69) is 0 Å². The summed E-state index contributed by atoms with van der Waals surface area (Å²) in [5, 5.41) is 8.49. The molecule has 1 aromatic carbocycles. The molecule has 18 heavy (non-hydrogen) atoms. The molecule has 0 radical (unpaired) electrons. The summed E-state index contributed by atoms with van der Waals surface area (Å²) >= 11 is 0. The van der Waals surface area contributed by atoms with E-state index in [1.807, 2.05) is 6.07 Å². The summed E-state index contributed by atoms with van der Waals surface area (Å²) in [7, 11) is -3.16. The Kier molecular flexibility index (Phi) is 3.19. The van der Waals surface area contributed by atoms with Gasteiger partial charge in [-0.25, -0.2) is 8.42 Å². The lowest BCUT2D eigenvalue weighted by molar-refractivity contribution is -0.141. The number of rotatable bonds is 3. The first kappa shape index (κ1) is 13.1. The van der Waals surface area contributed by atoms with E-state index in [-0.39, 0.29) is 5.25 Å². The van der Waals surface area contributed by atoms with Gasteiger partial charge in [0.25, 0.3) is 0 Å². The summed E-state index contributed by atoms with van der Waals surface area (Å²) < 4.78 is 23.9. The van der Waals surface area contributed by atoms with Crippen LogP contribution in [0.1, 0.15) is 25.0 Å². The molecule has 0 bridgehead atoms. The summed E-state index contributed by atoms with van der Waals surface area (Å²) in [4.78, 5) is 11.2. The van der Waals surface area contributed by atoms with Crippen LogP contribution in [0.25, 0.3) is 0 Å². The Bertz CT molecular complexity index is 589. The third-order valence-electron chi connectivity index (χ3n) is 3.43. The summed E-state index contributed by atoms with van der Waals surface area (Å²) in [6, 6.07) is 5.15. The molecular weight excluding hydrogens is 252 g/mol. The number of hydrogen-bond donors (Lipinski definition) is 1. The van der Waals surface area contributed by atoms with Gasteiger partial charge in [-0.15, -0.1) is 0 Å². The van der Waals surface area contributed by atoms with E-state index in [1.54, 1.807) is 26.0 Å². The second kappa shape index (κ2) is 4.39. The van der Waals surface area contributed by atoms with Crippen molar-refractivity contribution in [2.75, 3.05) is 0 Å². The Morgan fingerprint density at radius 1 is 1.50 bits per heavy atom. The first-order valence-electron chi connectivity index (χ1n) is 5.91. The Hall–Kier alpha value is -1.36. The highest BCUT2D eigenvalue weighted by molar-refractivity contribution is 7.92. The molecule has 2 unspecified atom stereocenters. The van der Waals surface area contributed by atoms with Crippen LogP contribution in [0.2, 0.25) is 0 Å². The Balaban J connectivity index is 2.31. The van der Waals surface area contributed by atoms with Gasteiger partial charge in [0.05, 0.1) is 16.1 Å². The zero-order chi connectivity index (χ0) is 13.5. The number of sulfone groups is 1. The van der Waals surface area contributed by atoms with Crippen molar-refractivity contribution in [3.8, 4) is 0 Å². The molecule has 5 heteroatoms. The molecule has 1 aliphatic rings. The molecule has 0 saturated carbocycles. The second-order valence-corrected chi connectivity index (χ2v) is 7.28. The summed E-state index contributed by atoms with van der Waals surface area (Å²) in [5.41, 5.74) is 1.70. The lowest BCUT2D eigenvalue weighted by Crippen LogP contribution is -2.12. The van der Waals surface area contributed by atoms with Gasteiger partial charge in [-0.3, -0.25) is 4.79 Å². The average molecular weight is 268 g/mol. The number of carboxylic acid groups (broad SMARTS) is 1. The fourth-order valence-electron chi connectivity index (χ4n) is 2.27. The molecule has 1 aliphatic heterocycles. The van der Waals surface area contributed by atoms with Crippen molar-refractivity contribution in [3.63, 3.8) is 0 Å². The van der Waals surface area contributed by atoms with Crippen LogP contribution in [-0.4, -0.2) is 24.7 Å². The lowest BCUT2D eigenvalue weighted by Gasteiger charge is -2.07. The number of benzene rings is 1. The van der Waals surface area contributed by atoms with Gasteiger partial charge in [0, 0.05) is 0 Å². The van der Waals surface area contributed by atoms with Gasteiger partial charge in [0.2, 0.25) is 0 Å². The number of carboxylic acids is 1. The molecule has 2 atom stereocenters. The predicted molar refractivity (Wildman–Crippen MR) is 67.3 cm³/mol. The third kappa shape index (κ3) is 2.14. The standard InChI is InChI=1S/C13H16O4S/c1-8(13(14)15)5-10-3-4-12-11(7-10)6-9(2)18(12,16)17/h3-4,7-9H,5-6H2,1-2H3,(H,14,15). The average Bonchev–Trinajstić information content (AvgIpc) is 2.49. The van der Waals surface area contributed by atoms with Gasteiger partial charge < -0.3 is 5.11 Å². The SMILES string of the molecule is CC(Cc1ccc2c(c1)CC(C)S2(=O)=O)C(=O)O. The van der Waals surface area contributed by atoms with Gasteiger partial charge in [-0.05, 0) is 37.0 Å². The van der Waals surface area contributed by atoms with E-state index in [4.69, 9.17) is 5.11 Å². The predicted octanol–water partition coefficient (Wildman–Crippen LogP) is 1.67. The van der Waals surface area contributed by atoms with Crippen molar-refractivity contribution in [3.05, 3.63) is 29.3 Å². The van der Waals surface area contributed by atoms with E-state index in [0.717, 1.165) is 11.1 Å². The maximum absolute atomic E-state index is 11.9. The molecule has 2 rings (SSSR count). The van der Waals surface area contributed by atoms with Crippen molar-refractivity contribution in [2.45, 2.75) is 36.8 Å². The van der Waals surface area contributed by atoms with Crippen LogP contribution in [0.3, 0.4) is 0 Å². The van der Waals surface area contributed by atoms with E-state index in [9.17, 15) is 13.2 Å². The zero-order valence-corrected chi connectivity index (χ0v) is 11.2. The van der Waals surface area contributed by atoms with E-state index in [0.29, 0.717) is 17.7 Å². The molecule has 0 saturated heterocycles. The molecule has 1 aromatic rings. The summed E-state index contributed by atoms with van der Waals surface area (Å²) in [6.07, 6.45) is 0.948. The van der Waals surface area contributed by atoms with E-state index >= 15 is 0 Å². The zero-order valence-electron chi connectivity index (χ0n) is 10.4. The van der Waals surface area contributed by atoms with Crippen molar-refractivity contribution in [1.29, 1.82) is 0 Å². The number of hydrogen-bond acceptors (Lipinski definition) is 3. The Labute approximate surface area is 107 Å². The summed E-state index contributed by atoms with van der Waals surface area (Å²) in [6.45, 7) is 3.35. The smallest absolute Gasteiger partial charge is 0.306 e. The van der Waals surface area contributed by atoms with Gasteiger partial charge in [0.15, 0.2) is 9.84 Å². The first-order valence-corrected chi connectivity index (χ1v) is 7.45. The van der Waals surface area contributed by atoms with Crippen LogP contribution in [0, 0.1) is 5.92 Å². The maximum Gasteiger partial charge on any atom is 0.306 e.